The van der Waals surface area contributed by atoms with Gasteiger partial charge in [-0.05, 0) is 24.3 Å². The third-order valence-electron chi connectivity index (χ3n) is 2.90. The van der Waals surface area contributed by atoms with Crippen molar-refractivity contribution in [2.45, 2.75) is 0 Å². The van der Waals surface area contributed by atoms with Gasteiger partial charge in [0.25, 0.3) is 0 Å². The number of hydrogen-bond donors (Lipinski definition) is 1. The van der Waals surface area contributed by atoms with Gasteiger partial charge in [-0.3, -0.25) is 4.79 Å². The number of halogens is 1. The topological polar surface area (TPSA) is 37.8 Å². The SMILES string of the molecule is Cn1c2cc(Cl)ccc2c2[nH]c(C=O)cc21. The number of hydrogen-bond acceptors (Lipinski definition) is 1. The first-order valence-corrected chi connectivity index (χ1v) is 5.30. The summed E-state index contributed by atoms with van der Waals surface area (Å²) in [6.45, 7) is 0. The highest BCUT2D eigenvalue weighted by atomic mass is 35.5. The lowest BCUT2D eigenvalue weighted by atomic mass is 10.2. The lowest BCUT2D eigenvalue weighted by Gasteiger charge is -1.97. The molecule has 0 bridgehead atoms. The predicted molar refractivity (Wildman–Crippen MR) is 65.2 cm³/mol. The van der Waals surface area contributed by atoms with Gasteiger partial charge < -0.3 is 9.55 Å². The van der Waals surface area contributed by atoms with Crippen LogP contribution in [-0.4, -0.2) is 15.8 Å². The summed E-state index contributed by atoms with van der Waals surface area (Å²) < 4.78 is 2.03. The van der Waals surface area contributed by atoms with Crippen molar-refractivity contribution in [3.05, 3.63) is 35.0 Å². The number of aldehydes is 1. The predicted octanol–water partition coefficient (Wildman–Crippen LogP) is 3.13. The standard InChI is InChI=1S/C12H9ClN2O/c1-15-10-4-7(13)2-3-9(10)12-11(15)5-8(6-16)14-12/h2-6,14H,1H3. The van der Waals surface area contributed by atoms with Crippen molar-refractivity contribution >= 4 is 39.8 Å². The number of H-pyrrole nitrogens is 1. The summed E-state index contributed by atoms with van der Waals surface area (Å²) in [4.78, 5) is 13.8. The van der Waals surface area contributed by atoms with Crippen LogP contribution in [0.4, 0.5) is 0 Å². The first-order chi connectivity index (χ1) is 7.70. The minimum Gasteiger partial charge on any atom is -0.351 e. The number of carbonyl (C=O) groups is 1. The Morgan fingerprint density at radius 2 is 2.12 bits per heavy atom. The minimum atomic E-state index is 0.595. The number of benzene rings is 1. The van der Waals surface area contributed by atoms with E-state index in [2.05, 4.69) is 4.98 Å². The summed E-state index contributed by atoms with van der Waals surface area (Å²) in [6.07, 6.45) is 0.821. The third-order valence-corrected chi connectivity index (χ3v) is 3.13. The molecule has 0 aliphatic rings. The molecule has 0 aliphatic heterocycles. The Bertz CT molecular complexity index is 709. The number of nitrogens with one attached hydrogen (secondary N) is 1. The van der Waals surface area contributed by atoms with E-state index in [1.54, 1.807) is 0 Å². The van der Waals surface area contributed by atoms with E-state index in [9.17, 15) is 4.79 Å². The van der Waals surface area contributed by atoms with Crippen LogP contribution in [0, 0.1) is 0 Å². The van der Waals surface area contributed by atoms with Gasteiger partial charge in [-0.15, -0.1) is 0 Å². The third kappa shape index (κ3) is 1.12. The molecule has 4 heteroatoms. The summed E-state index contributed by atoms with van der Waals surface area (Å²) in [5, 5.41) is 1.79. The highest BCUT2D eigenvalue weighted by Crippen LogP contribution is 2.29. The van der Waals surface area contributed by atoms with Crippen LogP contribution in [0.2, 0.25) is 5.02 Å². The Kier molecular flexibility index (Phi) is 1.85. The van der Waals surface area contributed by atoms with E-state index in [1.165, 1.54) is 0 Å². The van der Waals surface area contributed by atoms with Gasteiger partial charge in [-0.1, -0.05) is 11.6 Å². The monoisotopic (exact) mass is 232 g/mol. The fraction of sp³-hybridized carbons (Fsp3) is 0.0833. The maximum absolute atomic E-state index is 10.7. The molecule has 0 aliphatic carbocycles. The maximum Gasteiger partial charge on any atom is 0.166 e. The van der Waals surface area contributed by atoms with E-state index >= 15 is 0 Å². The van der Waals surface area contributed by atoms with Crippen molar-refractivity contribution in [1.29, 1.82) is 0 Å². The van der Waals surface area contributed by atoms with E-state index in [4.69, 9.17) is 11.6 Å². The summed E-state index contributed by atoms with van der Waals surface area (Å²) in [5.41, 5.74) is 3.65. The normalized spacial score (nSPS) is 11.4. The number of fused-ring (bicyclic) bond motifs is 3. The number of nitrogens with zero attached hydrogens (tertiary/aromatic N) is 1. The second-order valence-corrected chi connectivity index (χ2v) is 4.26. The molecule has 3 aromatic rings. The first-order valence-electron chi connectivity index (χ1n) is 4.92. The van der Waals surface area contributed by atoms with Crippen molar-refractivity contribution in [3.63, 3.8) is 0 Å². The Labute approximate surface area is 96.6 Å². The molecule has 0 unspecified atom stereocenters. The van der Waals surface area contributed by atoms with Gasteiger partial charge in [-0.25, -0.2) is 0 Å². The number of aromatic amines is 1. The molecule has 0 amide bonds. The van der Waals surface area contributed by atoms with Crippen LogP contribution >= 0.6 is 11.6 Å². The number of carbonyl (C=O) groups excluding carboxylic acids is 1. The van der Waals surface area contributed by atoms with Crippen LogP contribution in [0.1, 0.15) is 10.5 Å². The zero-order chi connectivity index (χ0) is 11.3. The molecule has 0 spiro atoms. The smallest absolute Gasteiger partial charge is 0.166 e. The lowest BCUT2D eigenvalue weighted by molar-refractivity contribution is 0.112. The van der Waals surface area contributed by atoms with Crippen molar-refractivity contribution in [2.24, 2.45) is 7.05 Å². The second-order valence-electron chi connectivity index (χ2n) is 3.82. The van der Waals surface area contributed by atoms with Gasteiger partial charge in [0.05, 0.1) is 22.2 Å². The Morgan fingerprint density at radius 1 is 1.31 bits per heavy atom. The second kappa shape index (κ2) is 3.12. The van der Waals surface area contributed by atoms with E-state index < -0.39 is 0 Å². The van der Waals surface area contributed by atoms with Gasteiger partial charge >= 0.3 is 0 Å². The summed E-state index contributed by atoms with van der Waals surface area (Å²) in [7, 11) is 1.96. The molecule has 80 valence electrons. The maximum atomic E-state index is 10.7. The van der Waals surface area contributed by atoms with Gasteiger partial charge in [-0.2, -0.15) is 0 Å². The summed E-state index contributed by atoms with van der Waals surface area (Å²) in [5.74, 6) is 0. The minimum absolute atomic E-state index is 0.595. The van der Waals surface area contributed by atoms with Gasteiger partial charge in [0.1, 0.15) is 0 Å². The van der Waals surface area contributed by atoms with Gasteiger partial charge in [0.15, 0.2) is 6.29 Å². The average Bonchev–Trinajstić information content (AvgIpc) is 2.80. The van der Waals surface area contributed by atoms with Gasteiger partial charge in [0.2, 0.25) is 0 Å². The van der Waals surface area contributed by atoms with E-state index in [0.29, 0.717) is 10.7 Å². The van der Waals surface area contributed by atoms with E-state index in [0.717, 1.165) is 28.2 Å². The molecule has 2 aromatic heterocycles. The van der Waals surface area contributed by atoms with Crippen LogP contribution in [0.3, 0.4) is 0 Å². The summed E-state index contributed by atoms with van der Waals surface area (Å²) in [6, 6.07) is 7.58. The number of aromatic nitrogens is 2. The van der Waals surface area contributed by atoms with Gasteiger partial charge in [0, 0.05) is 17.5 Å². The zero-order valence-electron chi connectivity index (χ0n) is 8.62. The fourth-order valence-corrected chi connectivity index (χ4v) is 2.29. The quantitative estimate of drug-likeness (QED) is 0.643. The molecule has 3 rings (SSSR count). The molecule has 16 heavy (non-hydrogen) atoms. The molecule has 0 radical (unpaired) electrons. The highest BCUT2D eigenvalue weighted by Gasteiger charge is 2.11. The molecule has 0 fully saturated rings. The van der Waals surface area contributed by atoms with Crippen molar-refractivity contribution in [3.8, 4) is 0 Å². The fourth-order valence-electron chi connectivity index (χ4n) is 2.12. The zero-order valence-corrected chi connectivity index (χ0v) is 9.38. The van der Waals surface area contributed by atoms with Crippen molar-refractivity contribution in [2.75, 3.05) is 0 Å². The van der Waals surface area contributed by atoms with Crippen molar-refractivity contribution < 1.29 is 4.79 Å². The molecule has 2 heterocycles. The van der Waals surface area contributed by atoms with Crippen LogP contribution in [0.15, 0.2) is 24.3 Å². The summed E-state index contributed by atoms with van der Waals surface area (Å²) >= 11 is 5.96. The van der Waals surface area contributed by atoms with E-state index in [1.807, 2.05) is 35.9 Å². The van der Waals surface area contributed by atoms with Crippen molar-refractivity contribution in [1.82, 2.24) is 9.55 Å². The first kappa shape index (κ1) is 9.48. The number of rotatable bonds is 1. The van der Waals surface area contributed by atoms with Crippen LogP contribution in [-0.2, 0) is 7.05 Å². The molecular formula is C12H9ClN2O. The Balaban J connectivity index is 2.52. The highest BCUT2D eigenvalue weighted by molar-refractivity contribution is 6.31. The molecule has 1 aromatic carbocycles. The van der Waals surface area contributed by atoms with Crippen LogP contribution in [0.5, 0.6) is 0 Å². The Morgan fingerprint density at radius 3 is 2.88 bits per heavy atom. The van der Waals surface area contributed by atoms with E-state index in [-0.39, 0.29) is 0 Å². The molecule has 0 atom stereocenters. The molecule has 0 saturated carbocycles. The van der Waals surface area contributed by atoms with Crippen LogP contribution < -0.4 is 0 Å². The largest absolute Gasteiger partial charge is 0.351 e. The number of aryl methyl sites for hydroxylation is 1. The molecule has 3 nitrogen and oxygen atoms in total. The molecular weight excluding hydrogens is 224 g/mol. The molecule has 0 saturated heterocycles. The van der Waals surface area contributed by atoms with Crippen LogP contribution in [0.25, 0.3) is 21.9 Å². The average molecular weight is 233 g/mol. The Hall–Kier alpha value is -1.74. The molecule has 1 N–H and O–H groups in total. The lowest BCUT2D eigenvalue weighted by Crippen LogP contribution is -1.85.